The Morgan fingerprint density at radius 2 is 2.06 bits per heavy atom. The lowest BCUT2D eigenvalue weighted by atomic mass is 10.1. The van der Waals surface area contributed by atoms with E-state index in [1.54, 1.807) is 0 Å². The maximum atomic E-state index is 5.16. The monoisotopic (exact) mass is 243 g/mol. The fourth-order valence-corrected chi connectivity index (χ4v) is 1.60. The van der Waals surface area contributed by atoms with Gasteiger partial charge >= 0.3 is 0 Å². The van der Waals surface area contributed by atoms with Gasteiger partial charge < -0.3 is 9.84 Å². The van der Waals surface area contributed by atoms with Gasteiger partial charge in [-0.25, -0.2) is 0 Å². The predicted molar refractivity (Wildman–Crippen MR) is 67.3 cm³/mol. The van der Waals surface area contributed by atoms with E-state index in [2.05, 4.69) is 50.1 Å². The van der Waals surface area contributed by atoms with Crippen LogP contribution >= 0.6 is 11.8 Å². The first-order valence-corrected chi connectivity index (χ1v) is 6.60. The summed E-state index contributed by atoms with van der Waals surface area (Å²) >= 11 is 1.82. The van der Waals surface area contributed by atoms with Crippen LogP contribution in [0.4, 0.5) is 0 Å². The smallest absolute Gasteiger partial charge is 0.240 e. The number of nitrogens with zero attached hydrogens (tertiary/aromatic N) is 2. The average Bonchev–Trinajstić information content (AvgIpc) is 2.58. The molecule has 92 valence electrons. The average molecular weight is 243 g/mol. The number of hydrogen-bond acceptors (Lipinski definition) is 5. The van der Waals surface area contributed by atoms with Crippen molar-refractivity contribution in [3.8, 4) is 0 Å². The van der Waals surface area contributed by atoms with Gasteiger partial charge in [-0.2, -0.15) is 16.7 Å². The topological polar surface area (TPSA) is 51.0 Å². The summed E-state index contributed by atoms with van der Waals surface area (Å²) < 4.78 is 5.16. The highest BCUT2D eigenvalue weighted by Crippen LogP contribution is 2.14. The summed E-state index contributed by atoms with van der Waals surface area (Å²) in [6.45, 7) is 11.3. The van der Waals surface area contributed by atoms with Crippen molar-refractivity contribution in [2.45, 2.75) is 57.7 Å². The molecule has 1 aromatic rings. The molecule has 0 amide bonds. The summed E-state index contributed by atoms with van der Waals surface area (Å²) in [4.78, 5) is 4.32. The molecule has 0 saturated heterocycles. The first kappa shape index (κ1) is 13.5. The Labute approximate surface area is 102 Å². The number of rotatable bonds is 5. The quantitative estimate of drug-likeness (QED) is 0.861. The maximum absolute atomic E-state index is 5.16. The van der Waals surface area contributed by atoms with Crippen LogP contribution in [0.15, 0.2) is 4.52 Å². The van der Waals surface area contributed by atoms with E-state index < -0.39 is 0 Å². The second-order valence-corrected chi connectivity index (χ2v) is 6.63. The van der Waals surface area contributed by atoms with E-state index in [0.29, 0.717) is 17.7 Å². The SMILES string of the molecule is CC(C)SCc1noc(CNC(C)(C)C)n1. The Bertz CT molecular complexity index is 317. The predicted octanol–water partition coefficient (Wildman–Crippen LogP) is 2.60. The molecule has 0 saturated carbocycles. The molecule has 1 heterocycles. The third kappa shape index (κ3) is 5.51. The van der Waals surface area contributed by atoms with E-state index in [0.717, 1.165) is 11.6 Å². The number of aromatic nitrogens is 2. The van der Waals surface area contributed by atoms with Gasteiger partial charge in [-0.15, -0.1) is 0 Å². The second kappa shape index (κ2) is 5.68. The Hall–Kier alpha value is -0.550. The van der Waals surface area contributed by atoms with Crippen LogP contribution < -0.4 is 5.32 Å². The van der Waals surface area contributed by atoms with Crippen LogP contribution in [0.25, 0.3) is 0 Å². The van der Waals surface area contributed by atoms with Crippen molar-refractivity contribution in [3.05, 3.63) is 11.7 Å². The van der Waals surface area contributed by atoms with Gasteiger partial charge in [0.1, 0.15) is 0 Å². The van der Waals surface area contributed by atoms with Gasteiger partial charge in [-0.3, -0.25) is 0 Å². The first-order valence-electron chi connectivity index (χ1n) is 5.55. The Kier molecular flexibility index (Phi) is 4.80. The molecule has 4 nitrogen and oxygen atoms in total. The van der Waals surface area contributed by atoms with Crippen molar-refractivity contribution in [2.24, 2.45) is 0 Å². The molecule has 5 heteroatoms. The van der Waals surface area contributed by atoms with Crippen LogP contribution in [0.5, 0.6) is 0 Å². The molecule has 0 aliphatic heterocycles. The van der Waals surface area contributed by atoms with Gasteiger partial charge in [0.2, 0.25) is 5.89 Å². The lowest BCUT2D eigenvalue weighted by Crippen LogP contribution is -2.35. The van der Waals surface area contributed by atoms with Crippen LogP contribution in [0.3, 0.4) is 0 Å². The molecule has 0 atom stereocenters. The molecule has 0 unspecified atom stereocenters. The second-order valence-electron chi connectivity index (χ2n) is 5.07. The standard InChI is InChI=1S/C11H21N3OS/c1-8(2)16-7-9-13-10(15-14-9)6-12-11(3,4)5/h8,12H,6-7H2,1-5H3. The fourth-order valence-electron chi connectivity index (χ4n) is 1.00. The summed E-state index contributed by atoms with van der Waals surface area (Å²) in [6, 6.07) is 0. The highest BCUT2D eigenvalue weighted by atomic mass is 32.2. The lowest BCUT2D eigenvalue weighted by Gasteiger charge is -2.18. The Balaban J connectivity index is 2.39. The normalized spacial score (nSPS) is 12.4. The molecule has 0 aromatic carbocycles. The van der Waals surface area contributed by atoms with Crippen molar-refractivity contribution in [3.63, 3.8) is 0 Å². The summed E-state index contributed by atoms with van der Waals surface area (Å²) in [7, 11) is 0. The van der Waals surface area contributed by atoms with Crippen LogP contribution in [-0.4, -0.2) is 20.9 Å². The maximum Gasteiger partial charge on any atom is 0.240 e. The minimum atomic E-state index is 0.0707. The molecule has 0 aliphatic rings. The zero-order valence-corrected chi connectivity index (χ0v) is 11.5. The summed E-state index contributed by atoms with van der Waals surface area (Å²) in [5, 5.41) is 7.85. The molecule has 1 rings (SSSR count). The molecule has 1 aromatic heterocycles. The largest absolute Gasteiger partial charge is 0.338 e. The van der Waals surface area contributed by atoms with Crippen molar-refractivity contribution >= 4 is 11.8 Å². The van der Waals surface area contributed by atoms with Crippen LogP contribution in [0.2, 0.25) is 0 Å². The zero-order valence-electron chi connectivity index (χ0n) is 10.7. The zero-order chi connectivity index (χ0) is 12.2. The van der Waals surface area contributed by atoms with Crippen molar-refractivity contribution in [2.75, 3.05) is 0 Å². The summed E-state index contributed by atoms with van der Waals surface area (Å²) in [6.07, 6.45) is 0. The van der Waals surface area contributed by atoms with E-state index in [1.807, 2.05) is 11.8 Å². The van der Waals surface area contributed by atoms with Crippen LogP contribution in [0, 0.1) is 0 Å². The van der Waals surface area contributed by atoms with Crippen molar-refractivity contribution in [1.29, 1.82) is 0 Å². The molecular weight excluding hydrogens is 222 g/mol. The third-order valence-electron chi connectivity index (χ3n) is 1.83. The lowest BCUT2D eigenvalue weighted by molar-refractivity contribution is 0.334. The molecule has 1 N–H and O–H groups in total. The van der Waals surface area contributed by atoms with Crippen molar-refractivity contribution in [1.82, 2.24) is 15.5 Å². The van der Waals surface area contributed by atoms with E-state index >= 15 is 0 Å². The molecular formula is C11H21N3OS. The molecule has 0 fully saturated rings. The minimum Gasteiger partial charge on any atom is -0.338 e. The summed E-state index contributed by atoms with van der Waals surface area (Å²) in [5.41, 5.74) is 0.0707. The molecule has 16 heavy (non-hydrogen) atoms. The Morgan fingerprint density at radius 1 is 1.38 bits per heavy atom. The third-order valence-corrected chi connectivity index (χ3v) is 2.92. The minimum absolute atomic E-state index is 0.0707. The van der Waals surface area contributed by atoms with Gasteiger partial charge in [-0.1, -0.05) is 19.0 Å². The molecule has 0 bridgehead atoms. The van der Waals surface area contributed by atoms with Crippen molar-refractivity contribution < 1.29 is 4.52 Å². The number of nitrogens with one attached hydrogen (secondary N) is 1. The van der Waals surface area contributed by atoms with Crippen LogP contribution in [-0.2, 0) is 12.3 Å². The van der Waals surface area contributed by atoms with Gasteiger partial charge in [0.15, 0.2) is 5.82 Å². The van der Waals surface area contributed by atoms with Gasteiger partial charge in [-0.05, 0) is 26.0 Å². The molecule has 0 radical (unpaired) electrons. The highest BCUT2D eigenvalue weighted by molar-refractivity contribution is 7.99. The number of thioether (sulfide) groups is 1. The number of hydrogen-bond donors (Lipinski definition) is 1. The van der Waals surface area contributed by atoms with E-state index in [9.17, 15) is 0 Å². The fraction of sp³-hybridized carbons (Fsp3) is 0.818. The van der Waals surface area contributed by atoms with Crippen LogP contribution in [0.1, 0.15) is 46.3 Å². The van der Waals surface area contributed by atoms with E-state index in [1.165, 1.54) is 0 Å². The van der Waals surface area contributed by atoms with E-state index in [-0.39, 0.29) is 5.54 Å². The molecule has 0 spiro atoms. The summed E-state index contributed by atoms with van der Waals surface area (Å²) in [5.74, 6) is 2.26. The molecule has 0 aliphatic carbocycles. The Morgan fingerprint density at radius 3 is 2.62 bits per heavy atom. The van der Waals surface area contributed by atoms with E-state index in [4.69, 9.17) is 4.52 Å². The van der Waals surface area contributed by atoms with Gasteiger partial charge in [0, 0.05) is 5.54 Å². The van der Waals surface area contributed by atoms with Gasteiger partial charge in [0.05, 0.1) is 12.3 Å². The highest BCUT2D eigenvalue weighted by Gasteiger charge is 2.12. The van der Waals surface area contributed by atoms with Gasteiger partial charge in [0.25, 0.3) is 0 Å². The first-order chi connectivity index (χ1) is 7.37.